The predicted octanol–water partition coefficient (Wildman–Crippen LogP) is 5.09. The van der Waals surface area contributed by atoms with Gasteiger partial charge in [-0.25, -0.2) is 9.78 Å². The Balaban J connectivity index is 1.06. The van der Waals surface area contributed by atoms with Gasteiger partial charge >= 0.3 is 6.03 Å². The fourth-order valence-electron chi connectivity index (χ4n) is 6.75. The van der Waals surface area contributed by atoms with Gasteiger partial charge in [-0.3, -0.25) is 9.69 Å². The molecule has 3 aromatic rings. The number of nitrogens with one attached hydrogen (secondary N) is 1. The summed E-state index contributed by atoms with van der Waals surface area (Å²) < 4.78 is 11.6. The molecule has 6 rings (SSSR count). The molecule has 1 atom stereocenters. The lowest BCUT2D eigenvalue weighted by molar-refractivity contribution is -0.119. The molecule has 1 N–H and O–H groups in total. The van der Waals surface area contributed by atoms with Gasteiger partial charge in [0.2, 0.25) is 11.8 Å². The molecule has 2 aromatic carbocycles. The number of pyridine rings is 1. The third-order valence-corrected chi connectivity index (χ3v) is 9.29. The van der Waals surface area contributed by atoms with E-state index in [1.54, 1.807) is 7.05 Å². The van der Waals surface area contributed by atoms with Crippen molar-refractivity contribution in [3.8, 4) is 11.6 Å². The lowest BCUT2D eigenvalue weighted by atomic mass is 9.98. The minimum atomic E-state index is -0.0195. The summed E-state index contributed by atoms with van der Waals surface area (Å²) >= 11 is 0. The second-order valence-corrected chi connectivity index (χ2v) is 12.1. The monoisotopic (exact) mass is 597 g/mol. The van der Waals surface area contributed by atoms with Crippen LogP contribution in [0.15, 0.2) is 66.7 Å². The largest absolute Gasteiger partial charge is 0.439 e. The maximum Gasteiger partial charge on any atom is 0.321 e. The van der Waals surface area contributed by atoms with E-state index in [0.29, 0.717) is 18.1 Å². The minimum Gasteiger partial charge on any atom is -0.439 e. The zero-order valence-corrected chi connectivity index (χ0v) is 25.8. The number of carbonyl (C=O) groups is 2. The number of urea groups is 1. The number of aromatic nitrogens is 1. The highest BCUT2D eigenvalue weighted by molar-refractivity contribution is 5.79. The summed E-state index contributed by atoms with van der Waals surface area (Å²) in [6.07, 6.45) is 4.10. The van der Waals surface area contributed by atoms with E-state index in [2.05, 4.69) is 50.3 Å². The number of nitrogens with zero attached hydrogens (tertiary/aromatic N) is 4. The molecule has 0 radical (unpaired) electrons. The first-order valence-corrected chi connectivity index (χ1v) is 15.9. The predicted molar refractivity (Wildman–Crippen MR) is 169 cm³/mol. The topological polar surface area (TPSA) is 87.2 Å². The first-order valence-electron chi connectivity index (χ1n) is 15.9. The summed E-state index contributed by atoms with van der Waals surface area (Å²) in [5, 5.41) is 2.64. The number of ether oxygens (including phenoxy) is 2. The van der Waals surface area contributed by atoms with Crippen LogP contribution in [0.25, 0.3) is 0 Å². The van der Waals surface area contributed by atoms with Crippen molar-refractivity contribution in [1.82, 2.24) is 25.0 Å². The van der Waals surface area contributed by atoms with Gasteiger partial charge in [-0.1, -0.05) is 48.5 Å². The Kier molecular flexibility index (Phi) is 9.43. The van der Waals surface area contributed by atoms with Gasteiger partial charge in [0.15, 0.2) is 0 Å². The first-order chi connectivity index (χ1) is 21.5. The van der Waals surface area contributed by atoms with Crippen LogP contribution in [0.3, 0.4) is 0 Å². The van der Waals surface area contributed by atoms with Gasteiger partial charge in [0, 0.05) is 70.3 Å². The number of aryl methyl sites for hydroxylation is 1. The molecule has 232 valence electrons. The second kappa shape index (κ2) is 13.8. The summed E-state index contributed by atoms with van der Waals surface area (Å²) in [5.41, 5.74) is 4.29. The van der Waals surface area contributed by atoms with Gasteiger partial charge < -0.3 is 24.6 Å². The highest BCUT2D eigenvalue weighted by Gasteiger charge is 2.45. The van der Waals surface area contributed by atoms with Crippen LogP contribution in [-0.4, -0.2) is 83.6 Å². The lowest BCUT2D eigenvalue weighted by Gasteiger charge is -2.39. The quantitative estimate of drug-likeness (QED) is 0.370. The van der Waals surface area contributed by atoms with E-state index in [4.69, 9.17) is 14.5 Å². The van der Waals surface area contributed by atoms with Gasteiger partial charge in [-0.2, -0.15) is 0 Å². The molecule has 44 heavy (non-hydrogen) atoms. The Morgan fingerprint density at radius 1 is 0.955 bits per heavy atom. The molecule has 3 saturated heterocycles. The third-order valence-electron chi connectivity index (χ3n) is 9.29. The zero-order chi connectivity index (χ0) is 30.5. The molecule has 3 amide bonds. The SMILES string of the molecule is CNC(=O)Cc1ccc(Oc2ccc(CN3CCC(N4C(=O)N(C5CCOCC5)CC4c4ccccc4)CC3)c(C)n2)cc1. The van der Waals surface area contributed by atoms with E-state index in [1.807, 2.05) is 43.3 Å². The number of hydrogen-bond donors (Lipinski definition) is 1. The average molecular weight is 598 g/mol. The highest BCUT2D eigenvalue weighted by Crippen LogP contribution is 2.37. The van der Waals surface area contributed by atoms with Crippen LogP contribution in [0, 0.1) is 6.92 Å². The van der Waals surface area contributed by atoms with Gasteiger partial charge in [-0.15, -0.1) is 0 Å². The maximum atomic E-state index is 13.9. The standard InChI is InChI=1S/C35H43N5O4/c1-25-28(10-13-34(37-25)44-31-11-8-26(9-12-31)22-33(41)36-2)23-38-18-14-30(15-19-38)40-32(27-6-4-3-5-7-27)24-39(35(40)42)29-16-20-43-21-17-29/h3-13,29-30,32H,14-24H2,1-2H3,(H,36,41). The third kappa shape index (κ3) is 6.89. The zero-order valence-electron chi connectivity index (χ0n) is 25.8. The van der Waals surface area contributed by atoms with E-state index < -0.39 is 0 Å². The van der Waals surface area contributed by atoms with Gasteiger partial charge in [0.1, 0.15) is 5.75 Å². The summed E-state index contributed by atoms with van der Waals surface area (Å²) in [5.74, 6) is 1.22. The molecular weight excluding hydrogens is 554 g/mol. The van der Waals surface area contributed by atoms with Crippen LogP contribution in [0.1, 0.15) is 54.1 Å². The minimum absolute atomic E-state index is 0.0195. The van der Waals surface area contributed by atoms with Crippen LogP contribution < -0.4 is 10.1 Å². The van der Waals surface area contributed by atoms with E-state index in [9.17, 15) is 9.59 Å². The second-order valence-electron chi connectivity index (χ2n) is 12.1. The Hall–Kier alpha value is -3.95. The van der Waals surface area contributed by atoms with E-state index in [1.165, 1.54) is 11.1 Å². The fraction of sp³-hybridized carbons (Fsp3) is 0.457. The van der Waals surface area contributed by atoms with Gasteiger partial charge in [-0.05, 0) is 61.4 Å². The molecule has 3 aliphatic rings. The molecule has 0 spiro atoms. The molecule has 9 heteroatoms. The van der Waals surface area contributed by atoms with Crippen LogP contribution in [-0.2, 0) is 22.5 Å². The molecule has 1 aromatic heterocycles. The van der Waals surface area contributed by atoms with Gasteiger partial charge in [0.25, 0.3) is 0 Å². The van der Waals surface area contributed by atoms with Crippen molar-refractivity contribution >= 4 is 11.9 Å². The van der Waals surface area contributed by atoms with Crippen molar-refractivity contribution in [1.29, 1.82) is 0 Å². The van der Waals surface area contributed by atoms with Crippen LogP contribution in [0.4, 0.5) is 4.79 Å². The number of hydrogen-bond acceptors (Lipinski definition) is 6. The van der Waals surface area contributed by atoms with Crippen LogP contribution in [0.2, 0.25) is 0 Å². The molecule has 4 heterocycles. The molecule has 0 aliphatic carbocycles. The fourth-order valence-corrected chi connectivity index (χ4v) is 6.75. The normalized spacial score (nSPS) is 20.2. The number of carbonyl (C=O) groups excluding carboxylic acids is 2. The van der Waals surface area contributed by atoms with Crippen molar-refractivity contribution in [3.63, 3.8) is 0 Å². The lowest BCUT2D eigenvalue weighted by Crippen LogP contribution is -2.48. The Bertz CT molecular complexity index is 1420. The van der Waals surface area contributed by atoms with Crippen molar-refractivity contribution in [2.75, 3.05) is 39.9 Å². The van der Waals surface area contributed by atoms with E-state index in [0.717, 1.165) is 76.3 Å². The van der Waals surface area contributed by atoms with Crippen molar-refractivity contribution in [2.45, 2.75) is 63.7 Å². The van der Waals surface area contributed by atoms with E-state index in [-0.39, 0.29) is 30.1 Å². The van der Waals surface area contributed by atoms with Crippen molar-refractivity contribution in [2.24, 2.45) is 0 Å². The highest BCUT2D eigenvalue weighted by atomic mass is 16.5. The van der Waals surface area contributed by atoms with Crippen LogP contribution in [0.5, 0.6) is 11.6 Å². The summed E-state index contributed by atoms with van der Waals surface area (Å²) in [6.45, 7) is 6.95. The number of rotatable bonds is 9. The number of amides is 3. The summed E-state index contributed by atoms with van der Waals surface area (Å²) in [6, 6.07) is 22.9. The Morgan fingerprint density at radius 3 is 2.36 bits per heavy atom. The number of likely N-dealkylation sites (tertiary alicyclic amines) is 1. The molecule has 3 fully saturated rings. The summed E-state index contributed by atoms with van der Waals surface area (Å²) in [7, 11) is 1.64. The summed E-state index contributed by atoms with van der Waals surface area (Å²) in [4.78, 5) is 37.0. The molecule has 0 saturated carbocycles. The molecule has 0 bridgehead atoms. The number of likely N-dealkylation sites (N-methyl/N-ethyl adjacent to an activating group) is 1. The Morgan fingerprint density at radius 2 is 1.68 bits per heavy atom. The molecule has 9 nitrogen and oxygen atoms in total. The molecular formula is C35H43N5O4. The Labute approximate surface area is 260 Å². The first kappa shape index (κ1) is 30.1. The van der Waals surface area contributed by atoms with Crippen LogP contribution >= 0.6 is 0 Å². The van der Waals surface area contributed by atoms with E-state index >= 15 is 0 Å². The average Bonchev–Trinajstić information content (AvgIpc) is 3.41. The number of benzene rings is 2. The van der Waals surface area contributed by atoms with Gasteiger partial charge in [0.05, 0.1) is 12.5 Å². The smallest absolute Gasteiger partial charge is 0.321 e. The van der Waals surface area contributed by atoms with Crippen molar-refractivity contribution in [3.05, 3.63) is 89.1 Å². The molecule has 1 unspecified atom stereocenters. The molecule has 3 aliphatic heterocycles. The maximum absolute atomic E-state index is 13.9. The van der Waals surface area contributed by atoms with Crippen molar-refractivity contribution < 1.29 is 19.1 Å². The number of piperidine rings is 1.